The Bertz CT molecular complexity index is 538. The predicted octanol–water partition coefficient (Wildman–Crippen LogP) is 4.37. The molecule has 2 rings (SSSR count). The predicted molar refractivity (Wildman–Crippen MR) is 88.8 cm³/mol. The van der Waals surface area contributed by atoms with E-state index in [1.807, 2.05) is 12.1 Å². The van der Waals surface area contributed by atoms with E-state index in [0.29, 0.717) is 12.1 Å². The number of nitrogens with one attached hydrogen (secondary N) is 1. The average molecular weight is 283 g/mol. The first-order chi connectivity index (χ1) is 10.2. The molecule has 0 heterocycles. The monoisotopic (exact) mass is 283 g/mol. The Balaban J connectivity index is 2.01. The Kier molecular flexibility index (Phi) is 5.82. The maximum Gasteiger partial charge on any atom is 0.122 e. The van der Waals surface area contributed by atoms with Crippen molar-refractivity contribution in [1.82, 2.24) is 5.32 Å². The van der Waals surface area contributed by atoms with Gasteiger partial charge in [0.2, 0.25) is 0 Å². The zero-order valence-electron chi connectivity index (χ0n) is 13.2. The maximum absolute atomic E-state index is 5.43. The van der Waals surface area contributed by atoms with Gasteiger partial charge in [0, 0.05) is 12.1 Å². The van der Waals surface area contributed by atoms with Crippen LogP contribution >= 0.6 is 0 Å². The van der Waals surface area contributed by atoms with Crippen molar-refractivity contribution in [3.8, 4) is 5.75 Å². The van der Waals surface area contributed by atoms with E-state index in [2.05, 4.69) is 61.6 Å². The topological polar surface area (TPSA) is 21.3 Å². The fourth-order valence-corrected chi connectivity index (χ4v) is 2.74. The second-order valence-corrected chi connectivity index (χ2v) is 5.46. The van der Waals surface area contributed by atoms with E-state index >= 15 is 0 Å². The zero-order chi connectivity index (χ0) is 15.1. The van der Waals surface area contributed by atoms with E-state index < -0.39 is 0 Å². The highest BCUT2D eigenvalue weighted by Gasteiger charge is 2.14. The van der Waals surface area contributed by atoms with E-state index in [-0.39, 0.29) is 0 Å². The summed E-state index contributed by atoms with van der Waals surface area (Å²) in [6, 6.07) is 19.7. The van der Waals surface area contributed by atoms with E-state index in [4.69, 9.17) is 4.74 Å². The second kappa shape index (κ2) is 7.84. The first kappa shape index (κ1) is 15.6. The summed E-state index contributed by atoms with van der Waals surface area (Å²) in [5.74, 6) is 0.971. The molecule has 0 aliphatic rings. The van der Waals surface area contributed by atoms with Gasteiger partial charge >= 0.3 is 0 Å². The minimum Gasteiger partial charge on any atom is -0.496 e. The molecule has 112 valence electrons. The summed E-state index contributed by atoms with van der Waals surface area (Å²) in [7, 11) is 1.73. The molecule has 0 aliphatic carbocycles. The van der Waals surface area contributed by atoms with E-state index in [1.54, 1.807) is 7.11 Å². The van der Waals surface area contributed by atoms with Crippen LogP contribution in [0.5, 0.6) is 5.75 Å². The van der Waals surface area contributed by atoms with Gasteiger partial charge in [0.05, 0.1) is 7.11 Å². The van der Waals surface area contributed by atoms with Crippen LogP contribution in [0, 0.1) is 0 Å². The van der Waals surface area contributed by atoms with Crippen molar-refractivity contribution in [1.29, 1.82) is 0 Å². The van der Waals surface area contributed by atoms with Gasteiger partial charge in [-0.25, -0.2) is 0 Å². The third-order valence-electron chi connectivity index (χ3n) is 3.81. The van der Waals surface area contributed by atoms with Crippen LogP contribution in [-0.2, 0) is 6.42 Å². The minimum atomic E-state index is 0.395. The molecule has 1 N–H and O–H groups in total. The lowest BCUT2D eigenvalue weighted by atomic mass is 10.0. The van der Waals surface area contributed by atoms with Crippen LogP contribution in [0.1, 0.15) is 37.4 Å². The molecule has 0 spiro atoms. The highest BCUT2D eigenvalue weighted by Crippen LogP contribution is 2.21. The Morgan fingerprint density at radius 3 is 2.33 bits per heavy atom. The number of rotatable bonds is 7. The van der Waals surface area contributed by atoms with Gasteiger partial charge in [-0.2, -0.15) is 0 Å². The van der Waals surface area contributed by atoms with Crippen molar-refractivity contribution in [2.75, 3.05) is 7.11 Å². The fourth-order valence-electron chi connectivity index (χ4n) is 2.74. The molecule has 0 aromatic heterocycles. The number of hydrogen-bond acceptors (Lipinski definition) is 2. The highest BCUT2D eigenvalue weighted by atomic mass is 16.5. The summed E-state index contributed by atoms with van der Waals surface area (Å²) in [4.78, 5) is 0. The molecule has 2 aromatic carbocycles. The zero-order valence-corrected chi connectivity index (χ0v) is 13.2. The van der Waals surface area contributed by atoms with Gasteiger partial charge in [0.15, 0.2) is 0 Å². The molecule has 2 unspecified atom stereocenters. The number of methoxy groups -OCH3 is 1. The smallest absolute Gasteiger partial charge is 0.122 e. The van der Waals surface area contributed by atoms with Crippen molar-refractivity contribution in [3.05, 3.63) is 65.7 Å². The van der Waals surface area contributed by atoms with Crippen LogP contribution in [-0.4, -0.2) is 13.2 Å². The van der Waals surface area contributed by atoms with Gasteiger partial charge in [-0.15, -0.1) is 0 Å². The molecule has 21 heavy (non-hydrogen) atoms. The summed E-state index contributed by atoms with van der Waals surface area (Å²) in [6.07, 6.45) is 2.05. The molecule has 0 amide bonds. The van der Waals surface area contributed by atoms with Gasteiger partial charge in [-0.1, -0.05) is 55.5 Å². The number of hydrogen-bond donors (Lipinski definition) is 1. The van der Waals surface area contributed by atoms with Gasteiger partial charge in [0.1, 0.15) is 5.75 Å². The number of benzene rings is 2. The summed E-state index contributed by atoms with van der Waals surface area (Å²) < 4.78 is 5.43. The Labute approximate surface area is 128 Å². The van der Waals surface area contributed by atoms with Crippen LogP contribution in [0.25, 0.3) is 0 Å². The van der Waals surface area contributed by atoms with Crippen LogP contribution in [0.15, 0.2) is 54.6 Å². The summed E-state index contributed by atoms with van der Waals surface area (Å²) in [6.45, 7) is 4.46. The SMILES string of the molecule is CCC(NC(C)Cc1ccccc1OC)c1ccccc1. The van der Waals surface area contributed by atoms with Gasteiger partial charge in [-0.3, -0.25) is 0 Å². The summed E-state index contributed by atoms with van der Waals surface area (Å²) in [5, 5.41) is 3.73. The molecule has 0 saturated heterocycles. The molecular weight excluding hydrogens is 258 g/mol. The van der Waals surface area contributed by atoms with Gasteiger partial charge in [-0.05, 0) is 37.0 Å². The first-order valence-corrected chi connectivity index (χ1v) is 7.67. The molecule has 0 aliphatic heterocycles. The Morgan fingerprint density at radius 1 is 1.00 bits per heavy atom. The minimum absolute atomic E-state index is 0.395. The first-order valence-electron chi connectivity index (χ1n) is 7.67. The van der Waals surface area contributed by atoms with Crippen LogP contribution < -0.4 is 10.1 Å². The summed E-state index contributed by atoms with van der Waals surface area (Å²) in [5.41, 5.74) is 2.61. The van der Waals surface area contributed by atoms with Crippen LogP contribution in [0.3, 0.4) is 0 Å². The summed E-state index contributed by atoms with van der Waals surface area (Å²) >= 11 is 0. The molecule has 2 heteroatoms. The maximum atomic E-state index is 5.43. The van der Waals surface area contributed by atoms with Crippen molar-refractivity contribution in [2.24, 2.45) is 0 Å². The lowest BCUT2D eigenvalue weighted by Gasteiger charge is -2.23. The Hall–Kier alpha value is -1.80. The highest BCUT2D eigenvalue weighted by molar-refractivity contribution is 5.33. The van der Waals surface area contributed by atoms with E-state index in [9.17, 15) is 0 Å². The molecule has 0 bridgehead atoms. The number of ether oxygens (including phenoxy) is 1. The van der Waals surface area contributed by atoms with Crippen LogP contribution in [0.2, 0.25) is 0 Å². The van der Waals surface area contributed by atoms with Crippen molar-refractivity contribution >= 4 is 0 Å². The third-order valence-corrected chi connectivity index (χ3v) is 3.81. The average Bonchev–Trinajstić information content (AvgIpc) is 2.54. The Morgan fingerprint density at radius 2 is 1.67 bits per heavy atom. The lowest BCUT2D eigenvalue weighted by molar-refractivity contribution is 0.400. The lowest BCUT2D eigenvalue weighted by Crippen LogP contribution is -2.32. The van der Waals surface area contributed by atoms with E-state index in [0.717, 1.165) is 18.6 Å². The fraction of sp³-hybridized carbons (Fsp3) is 0.368. The van der Waals surface area contributed by atoms with Crippen molar-refractivity contribution < 1.29 is 4.74 Å². The van der Waals surface area contributed by atoms with Gasteiger partial charge in [0.25, 0.3) is 0 Å². The van der Waals surface area contributed by atoms with Crippen molar-refractivity contribution in [3.63, 3.8) is 0 Å². The standard InChI is InChI=1S/C19H25NO/c1-4-18(16-10-6-5-7-11-16)20-15(2)14-17-12-8-9-13-19(17)21-3/h5-13,15,18,20H,4,14H2,1-3H3. The number of para-hydroxylation sites is 1. The van der Waals surface area contributed by atoms with E-state index in [1.165, 1.54) is 11.1 Å². The van der Waals surface area contributed by atoms with Gasteiger partial charge < -0.3 is 10.1 Å². The molecule has 2 atom stereocenters. The third kappa shape index (κ3) is 4.33. The molecule has 2 aromatic rings. The molecule has 2 nitrogen and oxygen atoms in total. The molecule has 0 fully saturated rings. The molecule has 0 saturated carbocycles. The quantitative estimate of drug-likeness (QED) is 0.815. The second-order valence-electron chi connectivity index (χ2n) is 5.46. The molecule has 0 radical (unpaired) electrons. The molecular formula is C19H25NO. The van der Waals surface area contributed by atoms with Crippen molar-refractivity contribution in [2.45, 2.75) is 38.8 Å². The normalized spacial score (nSPS) is 13.7. The van der Waals surface area contributed by atoms with Crippen LogP contribution in [0.4, 0.5) is 0 Å². The largest absolute Gasteiger partial charge is 0.496 e.